The van der Waals surface area contributed by atoms with E-state index < -0.39 is 17.5 Å². The van der Waals surface area contributed by atoms with Crippen molar-refractivity contribution in [3.8, 4) is 0 Å². The van der Waals surface area contributed by atoms with Crippen molar-refractivity contribution >= 4 is 34.0 Å². The zero-order valence-electron chi connectivity index (χ0n) is 12.4. The quantitative estimate of drug-likeness (QED) is 0.591. The highest BCUT2D eigenvalue weighted by molar-refractivity contribution is 7.10. The molecule has 5 nitrogen and oxygen atoms in total. The van der Waals surface area contributed by atoms with Crippen LogP contribution in [0.2, 0.25) is 0 Å². The van der Waals surface area contributed by atoms with Gasteiger partial charge in [0.2, 0.25) is 0 Å². The van der Waals surface area contributed by atoms with Gasteiger partial charge in [0.1, 0.15) is 11.2 Å². The molecule has 2 N–H and O–H groups in total. The molecular formula is C17H14N2O3S. The Balaban J connectivity index is 1.81. The molecule has 3 aromatic rings. The summed E-state index contributed by atoms with van der Waals surface area (Å²) in [5.74, 6) is -1.62. The van der Waals surface area contributed by atoms with Crippen LogP contribution >= 0.6 is 11.3 Å². The number of carbonyl (C=O) groups is 2. The number of esters is 2. The van der Waals surface area contributed by atoms with Crippen molar-refractivity contribution < 1.29 is 14.3 Å². The van der Waals surface area contributed by atoms with Crippen LogP contribution in [0.1, 0.15) is 22.3 Å². The Bertz CT molecular complexity index is 872. The number of hydrogen-bond acceptors (Lipinski definition) is 6. The standard InChI is InChI=1S/C17H14N2O3S/c1-17(18,14-7-4-8-23-14)16(21)22-15(20)13-9-11-5-2-3-6-12(11)10-19-13/h2-10H,18H2,1H3/t17-/m1/s1. The van der Waals surface area contributed by atoms with Gasteiger partial charge in [0.15, 0.2) is 0 Å². The third-order valence-corrected chi connectivity index (χ3v) is 4.59. The zero-order valence-corrected chi connectivity index (χ0v) is 13.2. The maximum absolute atomic E-state index is 12.2. The normalized spacial score (nSPS) is 13.5. The van der Waals surface area contributed by atoms with E-state index in [9.17, 15) is 9.59 Å². The van der Waals surface area contributed by atoms with E-state index in [2.05, 4.69) is 4.98 Å². The first-order valence-corrected chi connectivity index (χ1v) is 7.81. The molecule has 0 aliphatic rings. The fraction of sp³-hybridized carbons (Fsp3) is 0.118. The number of aromatic nitrogens is 1. The second kappa shape index (κ2) is 5.91. The van der Waals surface area contributed by atoms with Gasteiger partial charge in [0.25, 0.3) is 0 Å². The number of hydrogen-bond donors (Lipinski definition) is 1. The molecule has 0 aliphatic heterocycles. The number of carbonyl (C=O) groups excluding carboxylic acids is 2. The lowest BCUT2D eigenvalue weighted by molar-refractivity contribution is -0.143. The van der Waals surface area contributed by atoms with Gasteiger partial charge in [-0.3, -0.25) is 0 Å². The van der Waals surface area contributed by atoms with E-state index in [1.165, 1.54) is 18.3 Å². The van der Waals surface area contributed by atoms with Crippen molar-refractivity contribution in [2.75, 3.05) is 0 Å². The van der Waals surface area contributed by atoms with Gasteiger partial charge in [-0.25, -0.2) is 14.6 Å². The predicted octanol–water partition coefficient (Wildman–Crippen LogP) is 2.85. The van der Waals surface area contributed by atoms with Crippen molar-refractivity contribution in [2.24, 2.45) is 5.73 Å². The molecule has 0 saturated carbocycles. The average molecular weight is 326 g/mol. The van der Waals surface area contributed by atoms with E-state index >= 15 is 0 Å². The Morgan fingerprint density at radius 3 is 2.61 bits per heavy atom. The van der Waals surface area contributed by atoms with Crippen LogP contribution in [0, 0.1) is 0 Å². The second-order valence-corrected chi connectivity index (χ2v) is 6.22. The van der Waals surface area contributed by atoms with Crippen LogP contribution in [0.5, 0.6) is 0 Å². The van der Waals surface area contributed by atoms with Crippen molar-refractivity contribution in [3.05, 3.63) is 64.6 Å². The first kappa shape index (κ1) is 15.3. The molecule has 116 valence electrons. The molecule has 0 amide bonds. The fourth-order valence-electron chi connectivity index (χ4n) is 2.11. The summed E-state index contributed by atoms with van der Waals surface area (Å²) in [5, 5.41) is 3.55. The lowest BCUT2D eigenvalue weighted by atomic mass is 10.0. The average Bonchev–Trinajstić information content (AvgIpc) is 3.09. The Hall–Kier alpha value is -2.57. The predicted molar refractivity (Wildman–Crippen MR) is 88.0 cm³/mol. The third kappa shape index (κ3) is 2.99. The molecule has 0 spiro atoms. The molecule has 2 heterocycles. The Kier molecular flexibility index (Phi) is 3.94. The molecule has 1 aromatic carbocycles. The van der Waals surface area contributed by atoms with Crippen LogP contribution < -0.4 is 5.73 Å². The summed E-state index contributed by atoms with van der Waals surface area (Å²) < 4.78 is 4.92. The molecule has 3 rings (SSSR count). The van der Waals surface area contributed by atoms with Crippen LogP contribution in [0.4, 0.5) is 0 Å². The minimum absolute atomic E-state index is 0.0685. The molecular weight excluding hydrogens is 312 g/mol. The maximum Gasteiger partial charge on any atom is 0.364 e. The third-order valence-electron chi connectivity index (χ3n) is 3.48. The molecule has 0 fully saturated rings. The minimum Gasteiger partial charge on any atom is -0.387 e. The first-order valence-electron chi connectivity index (χ1n) is 6.93. The molecule has 0 bridgehead atoms. The molecule has 23 heavy (non-hydrogen) atoms. The fourth-order valence-corrected chi connectivity index (χ4v) is 2.90. The van der Waals surface area contributed by atoms with Crippen molar-refractivity contribution in [1.82, 2.24) is 4.98 Å². The van der Waals surface area contributed by atoms with Gasteiger partial charge in [-0.15, -0.1) is 11.3 Å². The maximum atomic E-state index is 12.2. The number of nitrogens with two attached hydrogens (primary N) is 1. The highest BCUT2D eigenvalue weighted by Gasteiger charge is 2.35. The second-order valence-electron chi connectivity index (χ2n) is 5.27. The molecule has 0 saturated heterocycles. The summed E-state index contributed by atoms with van der Waals surface area (Å²) in [7, 11) is 0. The number of thiophene rings is 1. The van der Waals surface area contributed by atoms with Crippen LogP contribution in [0.3, 0.4) is 0 Å². The van der Waals surface area contributed by atoms with Crippen LogP contribution in [-0.4, -0.2) is 16.9 Å². The van der Waals surface area contributed by atoms with Gasteiger partial charge >= 0.3 is 11.9 Å². The molecule has 1 atom stereocenters. The van der Waals surface area contributed by atoms with Gasteiger partial charge in [0, 0.05) is 16.5 Å². The largest absolute Gasteiger partial charge is 0.387 e. The minimum atomic E-state index is -1.37. The van der Waals surface area contributed by atoms with Crippen LogP contribution in [-0.2, 0) is 15.1 Å². The van der Waals surface area contributed by atoms with Crippen LogP contribution in [0.25, 0.3) is 10.8 Å². The highest BCUT2D eigenvalue weighted by atomic mass is 32.1. The lowest BCUT2D eigenvalue weighted by Crippen LogP contribution is -2.43. The summed E-state index contributed by atoms with van der Waals surface area (Å²) >= 11 is 1.33. The molecule has 0 unspecified atom stereocenters. The van der Waals surface area contributed by atoms with Crippen LogP contribution in [0.15, 0.2) is 54.0 Å². The van der Waals surface area contributed by atoms with Crippen molar-refractivity contribution in [1.29, 1.82) is 0 Å². The van der Waals surface area contributed by atoms with Crippen molar-refractivity contribution in [3.63, 3.8) is 0 Å². The topological polar surface area (TPSA) is 82.3 Å². The van der Waals surface area contributed by atoms with E-state index in [1.54, 1.807) is 29.8 Å². The zero-order chi connectivity index (χ0) is 16.4. The van der Waals surface area contributed by atoms with Gasteiger partial charge < -0.3 is 10.5 Å². The number of pyridine rings is 1. The molecule has 6 heteroatoms. The van der Waals surface area contributed by atoms with E-state index in [1.807, 2.05) is 24.3 Å². The number of fused-ring (bicyclic) bond motifs is 1. The Labute approximate surface area is 136 Å². The summed E-state index contributed by atoms with van der Waals surface area (Å²) in [6.07, 6.45) is 1.57. The lowest BCUT2D eigenvalue weighted by Gasteiger charge is -2.20. The Morgan fingerprint density at radius 1 is 1.17 bits per heavy atom. The number of nitrogens with zero attached hydrogens (tertiary/aromatic N) is 1. The van der Waals surface area contributed by atoms with Gasteiger partial charge in [-0.2, -0.15) is 0 Å². The molecule has 2 aromatic heterocycles. The van der Waals surface area contributed by atoms with Gasteiger partial charge in [0.05, 0.1) is 0 Å². The van der Waals surface area contributed by atoms with Gasteiger partial charge in [-0.1, -0.05) is 30.3 Å². The first-order chi connectivity index (χ1) is 11.0. The SMILES string of the molecule is C[C@](N)(C(=O)OC(=O)c1cc2ccccc2cn1)c1cccs1. The van der Waals surface area contributed by atoms with Crippen molar-refractivity contribution in [2.45, 2.75) is 12.5 Å². The number of rotatable bonds is 3. The number of ether oxygens (including phenoxy) is 1. The summed E-state index contributed by atoms with van der Waals surface area (Å²) in [6, 6.07) is 12.6. The monoisotopic (exact) mass is 326 g/mol. The van der Waals surface area contributed by atoms with E-state index in [-0.39, 0.29) is 5.69 Å². The van der Waals surface area contributed by atoms with E-state index in [0.29, 0.717) is 4.88 Å². The van der Waals surface area contributed by atoms with E-state index in [0.717, 1.165) is 10.8 Å². The summed E-state index contributed by atoms with van der Waals surface area (Å²) in [5.41, 5.74) is 4.70. The van der Waals surface area contributed by atoms with Gasteiger partial charge in [-0.05, 0) is 29.8 Å². The number of benzene rings is 1. The molecule has 0 aliphatic carbocycles. The van der Waals surface area contributed by atoms with E-state index in [4.69, 9.17) is 10.5 Å². The summed E-state index contributed by atoms with van der Waals surface area (Å²) in [6.45, 7) is 1.52. The summed E-state index contributed by atoms with van der Waals surface area (Å²) in [4.78, 5) is 29.0. The smallest absolute Gasteiger partial charge is 0.364 e. The molecule has 0 radical (unpaired) electrons. The Morgan fingerprint density at radius 2 is 1.91 bits per heavy atom. The highest BCUT2D eigenvalue weighted by Crippen LogP contribution is 2.24.